The number of para-hydroxylation sites is 1. The second-order valence-corrected chi connectivity index (χ2v) is 4.73. The van der Waals surface area contributed by atoms with Crippen molar-refractivity contribution in [2.45, 2.75) is 4.90 Å². The van der Waals surface area contributed by atoms with E-state index in [2.05, 4.69) is 19.8 Å². The molecule has 1 aliphatic heterocycles. The van der Waals surface area contributed by atoms with Crippen molar-refractivity contribution in [1.82, 2.24) is 5.32 Å². The van der Waals surface area contributed by atoms with Crippen molar-refractivity contribution in [1.29, 1.82) is 0 Å². The van der Waals surface area contributed by atoms with E-state index in [0.717, 1.165) is 0 Å². The molecule has 1 aliphatic rings. The first kappa shape index (κ1) is 11.4. The maximum absolute atomic E-state index is 11.7. The molecule has 0 aliphatic carbocycles. The van der Waals surface area contributed by atoms with Crippen molar-refractivity contribution < 1.29 is 17.9 Å². The van der Waals surface area contributed by atoms with Crippen LogP contribution in [0.3, 0.4) is 0 Å². The van der Waals surface area contributed by atoms with Gasteiger partial charge in [-0.2, -0.15) is 8.42 Å². The van der Waals surface area contributed by atoms with Gasteiger partial charge in [0.25, 0.3) is 10.0 Å². The number of sulfonamides is 1. The summed E-state index contributed by atoms with van der Waals surface area (Å²) in [6.45, 7) is 0. The zero-order valence-corrected chi connectivity index (χ0v) is 9.61. The lowest BCUT2D eigenvalue weighted by atomic mass is 10.3. The number of rotatable bonds is 0. The average Bonchev–Trinajstić information content (AvgIpc) is 2.28. The van der Waals surface area contributed by atoms with Gasteiger partial charge in [-0.3, -0.25) is 5.32 Å². The standard InChI is InChI=1S/C9H9N3O4S/c1-16-9(13)11-8-10-6-4-2-3-5-7(6)17(14,15)12-8/h2-5H,1H3,(H2,10,11,12,13). The highest BCUT2D eigenvalue weighted by Gasteiger charge is 2.25. The summed E-state index contributed by atoms with van der Waals surface area (Å²) < 4.78 is 31.2. The van der Waals surface area contributed by atoms with E-state index in [1.807, 2.05) is 0 Å². The van der Waals surface area contributed by atoms with Gasteiger partial charge >= 0.3 is 6.09 Å². The van der Waals surface area contributed by atoms with Gasteiger partial charge in [0.05, 0.1) is 12.8 Å². The monoisotopic (exact) mass is 255 g/mol. The molecule has 17 heavy (non-hydrogen) atoms. The van der Waals surface area contributed by atoms with Crippen LogP contribution in [0.2, 0.25) is 0 Å². The molecule has 8 heteroatoms. The Kier molecular flexibility index (Phi) is 2.72. The summed E-state index contributed by atoms with van der Waals surface area (Å²) in [6, 6.07) is 6.26. The van der Waals surface area contributed by atoms with Gasteiger partial charge in [0.1, 0.15) is 4.90 Å². The minimum Gasteiger partial charge on any atom is -0.453 e. The Bertz CT molecular complexity index is 594. The molecule has 0 spiro atoms. The first-order valence-corrected chi connectivity index (χ1v) is 6.03. The van der Waals surface area contributed by atoms with Crippen LogP contribution in [-0.2, 0) is 14.8 Å². The van der Waals surface area contributed by atoms with E-state index in [0.29, 0.717) is 5.69 Å². The maximum atomic E-state index is 11.7. The zero-order valence-electron chi connectivity index (χ0n) is 8.80. The highest BCUT2D eigenvalue weighted by atomic mass is 32.2. The van der Waals surface area contributed by atoms with Gasteiger partial charge in [0, 0.05) is 0 Å². The Balaban J connectivity index is 2.38. The SMILES string of the molecule is COC(=O)NC1=NS(=O)(=O)c2ccccc2N1. The molecule has 0 fully saturated rings. The number of fused-ring (bicyclic) bond motifs is 1. The van der Waals surface area contributed by atoms with Crippen LogP contribution in [0.1, 0.15) is 0 Å². The minimum absolute atomic E-state index is 0.0652. The van der Waals surface area contributed by atoms with Crippen LogP contribution in [0.25, 0.3) is 0 Å². The lowest BCUT2D eigenvalue weighted by Gasteiger charge is -2.17. The van der Waals surface area contributed by atoms with E-state index in [4.69, 9.17) is 0 Å². The number of hydrogen-bond acceptors (Lipinski definition) is 5. The van der Waals surface area contributed by atoms with Crippen molar-refractivity contribution in [3.8, 4) is 0 Å². The van der Waals surface area contributed by atoms with E-state index in [-0.39, 0.29) is 10.9 Å². The number of methoxy groups -OCH3 is 1. The van der Waals surface area contributed by atoms with Gasteiger partial charge in [0.2, 0.25) is 5.96 Å². The molecule has 0 saturated carbocycles. The van der Waals surface area contributed by atoms with Crippen molar-refractivity contribution in [2.75, 3.05) is 12.4 Å². The molecular formula is C9H9N3O4S. The van der Waals surface area contributed by atoms with Gasteiger partial charge in [-0.15, -0.1) is 4.40 Å². The van der Waals surface area contributed by atoms with Crippen LogP contribution in [0.15, 0.2) is 33.6 Å². The Labute approximate surface area is 97.6 Å². The summed E-state index contributed by atoms with van der Waals surface area (Å²) in [5.41, 5.74) is 0.355. The van der Waals surface area contributed by atoms with Crippen LogP contribution >= 0.6 is 0 Å². The molecule has 2 N–H and O–H groups in total. The van der Waals surface area contributed by atoms with Crippen LogP contribution in [-0.4, -0.2) is 27.6 Å². The normalized spacial score (nSPS) is 16.2. The summed E-state index contributed by atoms with van der Waals surface area (Å²) in [5, 5.41) is 4.84. The molecule has 1 amide bonds. The van der Waals surface area contributed by atoms with Crippen molar-refractivity contribution in [3.05, 3.63) is 24.3 Å². The second kappa shape index (κ2) is 4.06. The Morgan fingerprint density at radius 2 is 2.12 bits per heavy atom. The smallest absolute Gasteiger partial charge is 0.413 e. The predicted molar refractivity (Wildman–Crippen MR) is 60.2 cm³/mol. The van der Waals surface area contributed by atoms with Gasteiger partial charge in [-0.1, -0.05) is 12.1 Å². The van der Waals surface area contributed by atoms with Gasteiger partial charge < -0.3 is 10.1 Å². The lowest BCUT2D eigenvalue weighted by Crippen LogP contribution is -2.38. The number of hydrogen-bond donors (Lipinski definition) is 2. The third kappa shape index (κ3) is 2.21. The molecule has 2 rings (SSSR count). The van der Waals surface area contributed by atoms with Gasteiger partial charge in [0.15, 0.2) is 0 Å². The molecule has 7 nitrogen and oxygen atoms in total. The fourth-order valence-corrected chi connectivity index (χ4v) is 2.39. The van der Waals surface area contributed by atoms with E-state index in [1.54, 1.807) is 18.2 Å². The Morgan fingerprint density at radius 3 is 2.82 bits per heavy atom. The Morgan fingerprint density at radius 1 is 1.41 bits per heavy atom. The number of guanidine groups is 1. The molecular weight excluding hydrogens is 246 g/mol. The highest BCUT2D eigenvalue weighted by Crippen LogP contribution is 2.25. The van der Waals surface area contributed by atoms with Gasteiger partial charge in [-0.05, 0) is 12.1 Å². The summed E-state index contributed by atoms with van der Waals surface area (Å²) in [4.78, 5) is 11.0. The summed E-state index contributed by atoms with van der Waals surface area (Å²) >= 11 is 0. The average molecular weight is 255 g/mol. The number of anilines is 1. The third-order valence-electron chi connectivity index (χ3n) is 2.04. The second-order valence-electron chi connectivity index (χ2n) is 3.15. The third-order valence-corrected chi connectivity index (χ3v) is 3.37. The molecule has 0 atom stereocenters. The quantitative estimate of drug-likeness (QED) is 0.704. The molecule has 1 heterocycles. The number of benzene rings is 1. The van der Waals surface area contributed by atoms with Crippen molar-refractivity contribution in [3.63, 3.8) is 0 Å². The van der Waals surface area contributed by atoms with E-state index >= 15 is 0 Å². The van der Waals surface area contributed by atoms with Crippen LogP contribution in [0.5, 0.6) is 0 Å². The molecule has 0 aromatic heterocycles. The number of ether oxygens (including phenoxy) is 1. The molecule has 0 unspecified atom stereocenters. The fraction of sp³-hybridized carbons (Fsp3) is 0.111. The summed E-state index contributed by atoms with van der Waals surface area (Å²) in [7, 11) is -2.62. The molecule has 90 valence electrons. The highest BCUT2D eigenvalue weighted by molar-refractivity contribution is 7.90. The zero-order chi connectivity index (χ0) is 12.5. The largest absolute Gasteiger partial charge is 0.453 e. The lowest BCUT2D eigenvalue weighted by molar-refractivity contribution is 0.177. The summed E-state index contributed by atoms with van der Waals surface area (Å²) in [5.74, 6) is -0.185. The van der Waals surface area contributed by atoms with Crippen LogP contribution < -0.4 is 10.6 Å². The first-order chi connectivity index (χ1) is 8.03. The number of alkyl carbamates (subject to hydrolysis) is 1. The number of carbonyl (C=O) groups is 1. The van der Waals surface area contributed by atoms with E-state index in [9.17, 15) is 13.2 Å². The maximum Gasteiger partial charge on any atom is 0.413 e. The Hall–Kier alpha value is -2.09. The number of amides is 1. The predicted octanol–water partition coefficient (Wildman–Crippen LogP) is 0.513. The summed E-state index contributed by atoms with van der Waals surface area (Å²) in [6.07, 6.45) is -0.800. The van der Waals surface area contributed by atoms with E-state index < -0.39 is 16.1 Å². The van der Waals surface area contributed by atoms with Crippen molar-refractivity contribution in [2.24, 2.45) is 4.40 Å². The fourth-order valence-electron chi connectivity index (χ4n) is 1.32. The van der Waals surface area contributed by atoms with Gasteiger partial charge in [-0.25, -0.2) is 4.79 Å². The molecule has 0 radical (unpaired) electrons. The van der Waals surface area contributed by atoms with Crippen LogP contribution in [0.4, 0.5) is 10.5 Å². The molecule has 1 aromatic carbocycles. The number of nitrogens with one attached hydrogen (secondary N) is 2. The number of carbonyl (C=O) groups excluding carboxylic acids is 1. The number of nitrogens with zero attached hydrogens (tertiary/aromatic N) is 1. The first-order valence-electron chi connectivity index (χ1n) is 4.59. The van der Waals surface area contributed by atoms with E-state index in [1.165, 1.54) is 13.2 Å². The molecule has 0 saturated heterocycles. The topological polar surface area (TPSA) is 96.9 Å². The molecule has 0 bridgehead atoms. The molecule has 1 aromatic rings. The van der Waals surface area contributed by atoms with Crippen molar-refractivity contribution >= 4 is 27.8 Å². The van der Waals surface area contributed by atoms with Crippen LogP contribution in [0, 0.1) is 0 Å². The minimum atomic E-state index is -3.79.